The van der Waals surface area contributed by atoms with Crippen LogP contribution in [0.2, 0.25) is 0 Å². The third-order valence-corrected chi connectivity index (χ3v) is 3.58. The number of hydrogen-bond donors (Lipinski definition) is 0. The van der Waals surface area contributed by atoms with E-state index in [2.05, 4.69) is 6.92 Å². The maximum absolute atomic E-state index is 11.9. The van der Waals surface area contributed by atoms with Crippen LogP contribution < -0.4 is 0 Å². The summed E-state index contributed by atoms with van der Waals surface area (Å²) in [6.45, 7) is 5.55. The Bertz CT molecular complexity index is 263. The van der Waals surface area contributed by atoms with Crippen LogP contribution in [0.4, 0.5) is 0 Å². The summed E-state index contributed by atoms with van der Waals surface area (Å²) >= 11 is 0. The molecule has 1 fully saturated rings. The Morgan fingerprint density at radius 2 is 1.94 bits per heavy atom. The van der Waals surface area contributed by atoms with Crippen LogP contribution in [0.5, 0.6) is 0 Å². The molecule has 17 heavy (non-hydrogen) atoms. The first kappa shape index (κ1) is 14.2. The minimum absolute atomic E-state index is 0.0198. The molecule has 0 radical (unpaired) electrons. The van der Waals surface area contributed by atoms with Crippen LogP contribution in [0.25, 0.3) is 0 Å². The Kier molecular flexibility index (Phi) is 6.23. The molecule has 0 saturated carbocycles. The molecule has 0 aromatic rings. The molecule has 0 spiro atoms. The monoisotopic (exact) mass is 239 g/mol. The smallest absolute Gasteiger partial charge is 0.223 e. The SMILES string of the molecule is CCCCCCCC(=O)C1CC(=O)N(CC)C1. The zero-order valence-electron chi connectivity index (χ0n) is 11.2. The van der Waals surface area contributed by atoms with Gasteiger partial charge in [0, 0.05) is 31.8 Å². The number of amides is 1. The molecule has 1 rings (SSSR count). The van der Waals surface area contributed by atoms with Crippen molar-refractivity contribution in [1.82, 2.24) is 4.90 Å². The normalized spacial score (nSPS) is 20.0. The fourth-order valence-corrected chi connectivity index (χ4v) is 2.40. The quantitative estimate of drug-likeness (QED) is 0.611. The Hall–Kier alpha value is -0.860. The van der Waals surface area contributed by atoms with Crippen molar-refractivity contribution in [2.45, 2.75) is 58.8 Å². The lowest BCUT2D eigenvalue weighted by Gasteiger charge is -2.12. The van der Waals surface area contributed by atoms with Gasteiger partial charge in [0.1, 0.15) is 5.78 Å². The average molecular weight is 239 g/mol. The molecule has 1 aliphatic rings. The van der Waals surface area contributed by atoms with Crippen molar-refractivity contribution >= 4 is 11.7 Å². The van der Waals surface area contributed by atoms with Gasteiger partial charge in [-0.05, 0) is 13.3 Å². The van der Waals surface area contributed by atoms with E-state index in [4.69, 9.17) is 0 Å². The van der Waals surface area contributed by atoms with Gasteiger partial charge in [0.05, 0.1) is 0 Å². The molecule has 1 heterocycles. The highest BCUT2D eigenvalue weighted by Crippen LogP contribution is 2.20. The third-order valence-electron chi connectivity index (χ3n) is 3.58. The largest absolute Gasteiger partial charge is 0.342 e. The molecule has 98 valence electrons. The lowest BCUT2D eigenvalue weighted by molar-refractivity contribution is -0.128. The van der Waals surface area contributed by atoms with Gasteiger partial charge in [0.25, 0.3) is 0 Å². The number of rotatable bonds is 8. The molecule has 0 bridgehead atoms. The summed E-state index contributed by atoms with van der Waals surface area (Å²) in [4.78, 5) is 25.2. The lowest BCUT2D eigenvalue weighted by atomic mass is 9.98. The van der Waals surface area contributed by atoms with Gasteiger partial charge in [-0.2, -0.15) is 0 Å². The predicted molar refractivity (Wildman–Crippen MR) is 68.7 cm³/mol. The van der Waals surface area contributed by atoms with Crippen LogP contribution >= 0.6 is 0 Å². The first-order valence-corrected chi connectivity index (χ1v) is 6.99. The lowest BCUT2D eigenvalue weighted by Crippen LogP contribution is -2.25. The molecule has 3 heteroatoms. The molecular formula is C14H25NO2. The zero-order chi connectivity index (χ0) is 12.7. The molecule has 1 atom stereocenters. The molecule has 1 aliphatic heterocycles. The number of carbonyl (C=O) groups is 2. The van der Waals surface area contributed by atoms with Gasteiger partial charge < -0.3 is 4.90 Å². The number of ketones is 1. The van der Waals surface area contributed by atoms with Gasteiger partial charge in [0.15, 0.2) is 0 Å². The van der Waals surface area contributed by atoms with Gasteiger partial charge in [-0.1, -0.05) is 32.6 Å². The summed E-state index contributed by atoms with van der Waals surface area (Å²) in [6.07, 6.45) is 6.99. The van der Waals surface area contributed by atoms with E-state index in [1.807, 2.05) is 6.92 Å². The van der Waals surface area contributed by atoms with Crippen molar-refractivity contribution < 1.29 is 9.59 Å². The second kappa shape index (κ2) is 7.46. The van der Waals surface area contributed by atoms with Gasteiger partial charge in [-0.25, -0.2) is 0 Å². The van der Waals surface area contributed by atoms with Gasteiger partial charge in [-0.15, -0.1) is 0 Å². The van der Waals surface area contributed by atoms with Crippen molar-refractivity contribution in [2.75, 3.05) is 13.1 Å². The number of unbranched alkanes of at least 4 members (excludes halogenated alkanes) is 4. The van der Waals surface area contributed by atoms with E-state index in [0.29, 0.717) is 25.2 Å². The highest BCUT2D eigenvalue weighted by Gasteiger charge is 2.32. The van der Waals surface area contributed by atoms with E-state index in [1.54, 1.807) is 4.90 Å². The molecule has 0 N–H and O–H groups in total. The zero-order valence-corrected chi connectivity index (χ0v) is 11.2. The maximum atomic E-state index is 11.9. The molecule has 1 unspecified atom stereocenters. The standard InChI is InChI=1S/C14H25NO2/c1-3-5-6-7-8-9-13(16)12-10-14(17)15(4-2)11-12/h12H,3-11H2,1-2H3. The number of Topliss-reactive ketones (excluding diaryl/α,β-unsaturated/α-hetero) is 1. The second-order valence-electron chi connectivity index (χ2n) is 4.96. The summed E-state index contributed by atoms with van der Waals surface area (Å²) in [5, 5.41) is 0. The van der Waals surface area contributed by atoms with Crippen LogP contribution in [0, 0.1) is 5.92 Å². The summed E-state index contributed by atoms with van der Waals surface area (Å²) in [5.74, 6) is 0.427. The van der Waals surface area contributed by atoms with Crippen LogP contribution in [0.15, 0.2) is 0 Å². The Labute approximate surface area is 105 Å². The summed E-state index contributed by atoms with van der Waals surface area (Å²) < 4.78 is 0. The van der Waals surface area contributed by atoms with Crippen molar-refractivity contribution in [1.29, 1.82) is 0 Å². The Morgan fingerprint density at radius 1 is 1.24 bits per heavy atom. The predicted octanol–water partition coefficient (Wildman–Crippen LogP) is 2.78. The summed E-state index contributed by atoms with van der Waals surface area (Å²) in [6, 6.07) is 0. The van der Waals surface area contributed by atoms with Crippen molar-refractivity contribution in [3.63, 3.8) is 0 Å². The number of nitrogens with zero attached hydrogens (tertiary/aromatic N) is 1. The van der Waals surface area contributed by atoms with Gasteiger partial charge in [0.2, 0.25) is 5.91 Å². The first-order valence-electron chi connectivity index (χ1n) is 6.99. The fourth-order valence-electron chi connectivity index (χ4n) is 2.40. The molecule has 1 saturated heterocycles. The summed E-state index contributed by atoms with van der Waals surface area (Å²) in [5.41, 5.74) is 0. The summed E-state index contributed by atoms with van der Waals surface area (Å²) in [7, 11) is 0. The highest BCUT2D eigenvalue weighted by molar-refractivity contribution is 5.90. The van der Waals surface area contributed by atoms with Gasteiger partial charge in [-0.3, -0.25) is 9.59 Å². The van der Waals surface area contributed by atoms with Crippen molar-refractivity contribution in [3.05, 3.63) is 0 Å². The maximum Gasteiger partial charge on any atom is 0.223 e. The molecule has 0 aliphatic carbocycles. The van der Waals surface area contributed by atoms with Crippen LogP contribution in [-0.4, -0.2) is 29.7 Å². The number of hydrogen-bond acceptors (Lipinski definition) is 2. The average Bonchev–Trinajstić information content (AvgIpc) is 2.70. The second-order valence-corrected chi connectivity index (χ2v) is 4.96. The van der Waals surface area contributed by atoms with Crippen molar-refractivity contribution in [2.24, 2.45) is 5.92 Å². The molecule has 3 nitrogen and oxygen atoms in total. The van der Waals surface area contributed by atoms with E-state index in [0.717, 1.165) is 19.4 Å². The highest BCUT2D eigenvalue weighted by atomic mass is 16.2. The molecular weight excluding hydrogens is 214 g/mol. The first-order chi connectivity index (χ1) is 8.19. The fraction of sp³-hybridized carbons (Fsp3) is 0.857. The van der Waals surface area contributed by atoms with Crippen molar-refractivity contribution in [3.8, 4) is 0 Å². The van der Waals surface area contributed by atoms with E-state index >= 15 is 0 Å². The Morgan fingerprint density at radius 3 is 2.53 bits per heavy atom. The number of likely N-dealkylation sites (tertiary alicyclic amines) is 1. The van der Waals surface area contributed by atoms with Crippen LogP contribution in [0.1, 0.15) is 58.8 Å². The van der Waals surface area contributed by atoms with Crippen LogP contribution in [-0.2, 0) is 9.59 Å². The van der Waals surface area contributed by atoms with Gasteiger partial charge >= 0.3 is 0 Å². The minimum atomic E-state index is -0.0198. The molecule has 0 aromatic heterocycles. The third kappa shape index (κ3) is 4.49. The van der Waals surface area contributed by atoms with E-state index in [1.165, 1.54) is 19.3 Å². The molecule has 0 aromatic carbocycles. The van der Waals surface area contributed by atoms with Crippen LogP contribution in [0.3, 0.4) is 0 Å². The molecule has 1 amide bonds. The number of carbonyl (C=O) groups excluding carboxylic acids is 2. The minimum Gasteiger partial charge on any atom is -0.342 e. The van der Waals surface area contributed by atoms with E-state index in [9.17, 15) is 9.59 Å². The van der Waals surface area contributed by atoms with E-state index < -0.39 is 0 Å². The van der Waals surface area contributed by atoms with E-state index in [-0.39, 0.29) is 11.8 Å². The topological polar surface area (TPSA) is 37.4 Å². The Balaban J connectivity index is 2.18.